The molecule has 2 aliphatic rings. The number of hydrogen-bond donors (Lipinski definition) is 3. The molecule has 2 aliphatic heterocycles. The van der Waals surface area contributed by atoms with Gasteiger partial charge in [0, 0.05) is 77.3 Å². The fourth-order valence-corrected chi connectivity index (χ4v) is 3.04. The predicted molar refractivity (Wildman–Crippen MR) is 117 cm³/mol. The van der Waals surface area contributed by atoms with Crippen LogP contribution in [0.1, 0.15) is 13.8 Å². The van der Waals surface area contributed by atoms with Crippen LogP contribution in [-0.2, 0) is 0 Å². The highest BCUT2D eigenvalue weighted by Crippen LogP contribution is 2.23. The van der Waals surface area contributed by atoms with Gasteiger partial charge in [-0.3, -0.25) is 0 Å². The van der Waals surface area contributed by atoms with Gasteiger partial charge in [-0.05, 0) is 14.1 Å². The maximum Gasteiger partial charge on any atom is 0.257 e. The summed E-state index contributed by atoms with van der Waals surface area (Å²) < 4.78 is 5.69. The van der Waals surface area contributed by atoms with E-state index in [4.69, 9.17) is 4.74 Å². The smallest absolute Gasteiger partial charge is 0.257 e. The second-order valence-corrected chi connectivity index (χ2v) is 8.06. The van der Waals surface area contributed by atoms with Gasteiger partial charge in [0.2, 0.25) is 0 Å². The molecule has 0 spiro atoms. The summed E-state index contributed by atoms with van der Waals surface area (Å²) in [5, 5.41) is 16.4. The Morgan fingerprint density at radius 3 is 2.24 bits per heavy atom. The van der Waals surface area contributed by atoms with Gasteiger partial charge in [-0.1, -0.05) is 13.8 Å². The van der Waals surface area contributed by atoms with Crippen molar-refractivity contribution >= 4 is 5.82 Å². The number of likely N-dealkylation sites (N-methyl/N-ethyl adjacent to an activating group) is 2. The minimum absolute atomic E-state index is 0.207. The zero-order valence-electron chi connectivity index (χ0n) is 18.5. The Hall–Kier alpha value is -1.52. The molecule has 2 fully saturated rings. The van der Waals surface area contributed by atoms with Crippen molar-refractivity contribution in [1.29, 1.82) is 0 Å². The van der Waals surface area contributed by atoms with Gasteiger partial charge in [0.15, 0.2) is 5.82 Å². The third-order valence-electron chi connectivity index (χ3n) is 4.96. The van der Waals surface area contributed by atoms with Crippen molar-refractivity contribution < 1.29 is 9.84 Å². The zero-order valence-corrected chi connectivity index (χ0v) is 18.5. The largest absolute Gasteiger partial charge is 0.472 e. The Morgan fingerprint density at radius 2 is 1.66 bits per heavy atom. The van der Waals surface area contributed by atoms with E-state index in [1.807, 2.05) is 13.8 Å². The Labute approximate surface area is 175 Å². The van der Waals surface area contributed by atoms with Crippen molar-refractivity contribution in [3.05, 3.63) is 12.4 Å². The summed E-state index contributed by atoms with van der Waals surface area (Å²) in [4.78, 5) is 15.5. The molecule has 0 bridgehead atoms. The number of nitrogens with one attached hydrogen (secondary N) is 2. The number of aliphatic hydroxyl groups is 1. The molecule has 3 N–H and O–H groups in total. The maximum absolute atomic E-state index is 9.94. The number of ether oxygens (including phenoxy) is 1. The highest BCUT2D eigenvalue weighted by atomic mass is 16.5. The summed E-state index contributed by atoms with van der Waals surface area (Å²) in [5.41, 5.74) is 0. The van der Waals surface area contributed by atoms with Crippen LogP contribution in [0.5, 0.6) is 5.88 Å². The molecule has 0 aliphatic carbocycles. The van der Waals surface area contributed by atoms with E-state index in [1.54, 1.807) is 12.4 Å². The minimum atomic E-state index is -0.565. The lowest BCUT2D eigenvalue weighted by Crippen LogP contribution is -2.45. The molecule has 166 valence electrons. The standard InChI is InChI=1S/C15H27N5O2.C5H12N2/c1-12(2)18-10-13(21)11-22-15-14(16-4-5-17-15)20-8-6-19(3)7-9-20;1-7-4-2-6-3-5-7/h4-5,12-13,18,21H,6-11H2,1-3H3;6H,2-5H2,1H3. The monoisotopic (exact) mass is 409 g/mol. The maximum atomic E-state index is 9.94. The first-order valence-corrected chi connectivity index (χ1v) is 10.6. The quantitative estimate of drug-likeness (QED) is 0.551. The van der Waals surface area contributed by atoms with Crippen molar-refractivity contribution in [2.45, 2.75) is 26.0 Å². The molecule has 1 aromatic heterocycles. The van der Waals surface area contributed by atoms with Gasteiger partial charge in [-0.2, -0.15) is 0 Å². The normalized spacial score (nSPS) is 19.6. The third-order valence-corrected chi connectivity index (χ3v) is 4.96. The summed E-state index contributed by atoms with van der Waals surface area (Å²) in [6.45, 7) is 13.3. The van der Waals surface area contributed by atoms with E-state index >= 15 is 0 Å². The Balaban J connectivity index is 0.000000360. The number of aromatic nitrogens is 2. The van der Waals surface area contributed by atoms with E-state index in [0.29, 0.717) is 18.5 Å². The molecule has 9 nitrogen and oxygen atoms in total. The first kappa shape index (κ1) is 23.8. The van der Waals surface area contributed by atoms with E-state index in [-0.39, 0.29) is 6.61 Å². The van der Waals surface area contributed by atoms with Crippen LogP contribution < -0.4 is 20.3 Å². The van der Waals surface area contributed by atoms with Crippen molar-refractivity contribution in [3.8, 4) is 5.88 Å². The summed E-state index contributed by atoms with van der Waals surface area (Å²) >= 11 is 0. The van der Waals surface area contributed by atoms with E-state index in [2.05, 4.69) is 49.4 Å². The van der Waals surface area contributed by atoms with Gasteiger partial charge in [0.05, 0.1) is 0 Å². The molecule has 0 saturated carbocycles. The summed E-state index contributed by atoms with van der Waals surface area (Å²) in [5.74, 6) is 1.26. The molecule has 29 heavy (non-hydrogen) atoms. The number of aliphatic hydroxyl groups excluding tert-OH is 1. The van der Waals surface area contributed by atoms with E-state index in [0.717, 1.165) is 45.1 Å². The Bertz CT molecular complexity index is 562. The molecular weight excluding hydrogens is 370 g/mol. The lowest BCUT2D eigenvalue weighted by atomic mass is 10.3. The highest BCUT2D eigenvalue weighted by molar-refractivity contribution is 5.48. The number of anilines is 1. The van der Waals surface area contributed by atoms with Gasteiger partial charge in [0.25, 0.3) is 5.88 Å². The van der Waals surface area contributed by atoms with Gasteiger partial charge in [-0.25, -0.2) is 9.97 Å². The first-order valence-electron chi connectivity index (χ1n) is 10.6. The lowest BCUT2D eigenvalue weighted by molar-refractivity contribution is 0.102. The topological polar surface area (TPSA) is 89.0 Å². The van der Waals surface area contributed by atoms with Crippen molar-refractivity contribution in [2.24, 2.45) is 0 Å². The van der Waals surface area contributed by atoms with Crippen LogP contribution in [0.25, 0.3) is 0 Å². The highest BCUT2D eigenvalue weighted by Gasteiger charge is 2.20. The molecule has 2 saturated heterocycles. The van der Waals surface area contributed by atoms with Gasteiger partial charge in [0.1, 0.15) is 12.7 Å². The van der Waals surface area contributed by atoms with E-state index in [1.165, 1.54) is 13.1 Å². The molecule has 0 amide bonds. The lowest BCUT2D eigenvalue weighted by Gasteiger charge is -2.33. The van der Waals surface area contributed by atoms with Gasteiger partial charge in [-0.15, -0.1) is 0 Å². The van der Waals surface area contributed by atoms with Crippen LogP contribution in [0.4, 0.5) is 5.82 Å². The van der Waals surface area contributed by atoms with Crippen molar-refractivity contribution in [1.82, 2.24) is 30.4 Å². The molecular formula is C20H39N7O2. The van der Waals surface area contributed by atoms with E-state index < -0.39 is 6.10 Å². The summed E-state index contributed by atoms with van der Waals surface area (Å²) in [6.07, 6.45) is 2.73. The molecule has 9 heteroatoms. The zero-order chi connectivity index (χ0) is 21.1. The average Bonchev–Trinajstić information content (AvgIpc) is 2.72. The van der Waals surface area contributed by atoms with Crippen LogP contribution in [-0.4, -0.2) is 117 Å². The fourth-order valence-electron chi connectivity index (χ4n) is 3.04. The van der Waals surface area contributed by atoms with Crippen LogP contribution in [0.15, 0.2) is 12.4 Å². The fraction of sp³-hybridized carbons (Fsp3) is 0.800. The van der Waals surface area contributed by atoms with Gasteiger partial charge < -0.3 is 35.2 Å². The predicted octanol–water partition coefficient (Wildman–Crippen LogP) is -0.512. The summed E-state index contributed by atoms with van der Waals surface area (Å²) in [7, 11) is 4.27. The minimum Gasteiger partial charge on any atom is -0.472 e. The Kier molecular flexibility index (Phi) is 10.6. The first-order chi connectivity index (χ1) is 14.0. The molecule has 0 aromatic carbocycles. The van der Waals surface area contributed by atoms with Crippen LogP contribution >= 0.6 is 0 Å². The summed E-state index contributed by atoms with van der Waals surface area (Å²) in [6, 6.07) is 0.340. The van der Waals surface area contributed by atoms with Crippen LogP contribution in [0.2, 0.25) is 0 Å². The second kappa shape index (κ2) is 12.9. The van der Waals surface area contributed by atoms with Crippen LogP contribution in [0, 0.1) is 0 Å². The van der Waals surface area contributed by atoms with E-state index in [9.17, 15) is 5.11 Å². The number of hydrogen-bond acceptors (Lipinski definition) is 9. The Morgan fingerprint density at radius 1 is 1.03 bits per heavy atom. The number of piperazine rings is 2. The number of rotatable bonds is 7. The molecule has 3 heterocycles. The van der Waals surface area contributed by atoms with Crippen molar-refractivity contribution in [2.75, 3.05) is 84.5 Å². The van der Waals surface area contributed by atoms with Gasteiger partial charge >= 0.3 is 0 Å². The number of nitrogens with zero attached hydrogens (tertiary/aromatic N) is 5. The third kappa shape index (κ3) is 9.22. The second-order valence-electron chi connectivity index (χ2n) is 8.06. The van der Waals surface area contributed by atoms with Crippen LogP contribution in [0.3, 0.4) is 0 Å². The molecule has 1 atom stereocenters. The average molecular weight is 410 g/mol. The SMILES string of the molecule is CC(C)NCC(O)COc1nccnc1N1CCN(C)CC1.CN1CCNCC1. The molecule has 0 radical (unpaired) electrons. The molecule has 1 unspecified atom stereocenters. The molecule has 1 aromatic rings. The van der Waals surface area contributed by atoms with Crippen molar-refractivity contribution in [3.63, 3.8) is 0 Å². The molecule has 3 rings (SSSR count).